The van der Waals surface area contributed by atoms with Crippen molar-refractivity contribution in [1.82, 2.24) is 9.88 Å². The quantitative estimate of drug-likeness (QED) is 0.914. The van der Waals surface area contributed by atoms with Crippen molar-refractivity contribution >= 4 is 26.6 Å². The first-order chi connectivity index (χ1) is 9.80. The highest BCUT2D eigenvalue weighted by atomic mass is 32.2. The highest BCUT2D eigenvalue weighted by Gasteiger charge is 2.39. The van der Waals surface area contributed by atoms with Gasteiger partial charge in [0.1, 0.15) is 0 Å². The summed E-state index contributed by atoms with van der Waals surface area (Å²) in [7, 11) is -1.15. The number of nitrogens with zero attached hydrogens (tertiary/aromatic N) is 1. The number of hydrogen-bond acceptors (Lipinski definition) is 3. The Balaban J connectivity index is 1.92. The van der Waals surface area contributed by atoms with Crippen LogP contribution >= 0.6 is 0 Å². The second-order valence-corrected chi connectivity index (χ2v) is 8.21. The molecule has 0 spiro atoms. The van der Waals surface area contributed by atoms with Gasteiger partial charge >= 0.3 is 0 Å². The number of aromatic nitrogens is 1. The van der Waals surface area contributed by atoms with Gasteiger partial charge in [-0.05, 0) is 19.4 Å². The number of nitrogens with one attached hydrogen (secondary N) is 1. The van der Waals surface area contributed by atoms with Crippen LogP contribution in [0.1, 0.15) is 23.7 Å². The molecule has 1 amide bonds. The smallest absolute Gasteiger partial charge is 0.253 e. The fourth-order valence-electron chi connectivity index (χ4n) is 2.97. The molecule has 0 unspecified atom stereocenters. The van der Waals surface area contributed by atoms with Crippen molar-refractivity contribution in [2.45, 2.75) is 18.9 Å². The van der Waals surface area contributed by atoms with Crippen LogP contribution < -0.4 is 5.32 Å². The summed E-state index contributed by atoms with van der Waals surface area (Å²) in [6, 6.07) is 7.67. The Morgan fingerprint density at radius 2 is 2.05 bits per heavy atom. The van der Waals surface area contributed by atoms with Crippen molar-refractivity contribution in [3.05, 3.63) is 36.0 Å². The molecule has 2 aromatic rings. The second-order valence-electron chi connectivity index (χ2n) is 6.03. The van der Waals surface area contributed by atoms with E-state index in [1.54, 1.807) is 13.1 Å². The third-order valence-corrected chi connectivity index (χ3v) is 5.96. The molecule has 3 rings (SSSR count). The number of amides is 1. The Morgan fingerprint density at radius 3 is 2.71 bits per heavy atom. The van der Waals surface area contributed by atoms with E-state index in [0.29, 0.717) is 12.0 Å². The summed E-state index contributed by atoms with van der Waals surface area (Å²) < 4.78 is 25.2. The number of hydrogen-bond donors (Lipinski definition) is 1. The molecule has 1 aromatic carbocycles. The number of carbonyl (C=O) groups excluding carboxylic acids is 1. The zero-order chi connectivity index (χ0) is 15.3. The van der Waals surface area contributed by atoms with Gasteiger partial charge in [0.2, 0.25) is 0 Å². The van der Waals surface area contributed by atoms with E-state index in [2.05, 4.69) is 5.32 Å². The van der Waals surface area contributed by atoms with Gasteiger partial charge in [0.25, 0.3) is 5.91 Å². The predicted octanol–water partition coefficient (Wildman–Crippen LogP) is 1.49. The SMILES string of the molecule is Cn1cc(C(=O)N[C@@]2(C)CCS(=O)(=O)C2)c2ccccc21. The zero-order valence-corrected chi connectivity index (χ0v) is 12.9. The average molecular weight is 306 g/mol. The van der Waals surface area contributed by atoms with Gasteiger partial charge in [-0.3, -0.25) is 4.79 Å². The van der Waals surface area contributed by atoms with E-state index in [0.717, 1.165) is 10.9 Å². The van der Waals surface area contributed by atoms with Crippen LogP contribution in [0, 0.1) is 0 Å². The molecule has 1 atom stereocenters. The van der Waals surface area contributed by atoms with Crippen LogP contribution in [-0.2, 0) is 16.9 Å². The molecule has 1 aliphatic heterocycles. The lowest BCUT2D eigenvalue weighted by molar-refractivity contribution is 0.0917. The van der Waals surface area contributed by atoms with Gasteiger partial charge < -0.3 is 9.88 Å². The standard InChI is InChI=1S/C15H18N2O3S/c1-15(7-8-21(19,20)10-15)16-14(18)12-9-17(2)13-6-4-3-5-11(12)13/h3-6,9H,7-8,10H2,1-2H3,(H,16,18)/t15-/m0/s1. The topological polar surface area (TPSA) is 68.2 Å². The van der Waals surface area contributed by atoms with Crippen molar-refractivity contribution < 1.29 is 13.2 Å². The van der Waals surface area contributed by atoms with Gasteiger partial charge in [0.15, 0.2) is 9.84 Å². The van der Waals surface area contributed by atoms with Crippen molar-refractivity contribution in [2.75, 3.05) is 11.5 Å². The number of sulfone groups is 1. The predicted molar refractivity (Wildman–Crippen MR) is 82.1 cm³/mol. The number of benzene rings is 1. The molecular formula is C15H18N2O3S. The van der Waals surface area contributed by atoms with E-state index >= 15 is 0 Å². The molecule has 21 heavy (non-hydrogen) atoms. The van der Waals surface area contributed by atoms with Crippen LogP contribution in [0.15, 0.2) is 30.5 Å². The van der Waals surface area contributed by atoms with Gasteiger partial charge in [-0.25, -0.2) is 8.42 Å². The minimum absolute atomic E-state index is 0.0104. The lowest BCUT2D eigenvalue weighted by atomic mass is 10.0. The third kappa shape index (κ3) is 2.55. The van der Waals surface area contributed by atoms with Crippen LogP contribution in [0.4, 0.5) is 0 Å². The van der Waals surface area contributed by atoms with Crippen molar-refractivity contribution in [3.63, 3.8) is 0 Å². The number of carbonyl (C=O) groups is 1. The van der Waals surface area contributed by atoms with Crippen molar-refractivity contribution in [2.24, 2.45) is 7.05 Å². The molecule has 0 saturated carbocycles. The molecule has 6 heteroatoms. The number of fused-ring (bicyclic) bond motifs is 1. The first kappa shape index (κ1) is 14.1. The summed E-state index contributed by atoms with van der Waals surface area (Å²) in [6.07, 6.45) is 2.25. The normalized spacial score (nSPS) is 24.3. The fraction of sp³-hybridized carbons (Fsp3) is 0.400. The van der Waals surface area contributed by atoms with Crippen LogP contribution in [0.25, 0.3) is 10.9 Å². The largest absolute Gasteiger partial charge is 0.350 e. The molecule has 1 fully saturated rings. The van der Waals surface area contributed by atoms with Gasteiger partial charge in [-0.15, -0.1) is 0 Å². The van der Waals surface area contributed by atoms with E-state index in [1.807, 2.05) is 35.9 Å². The minimum atomic E-state index is -3.04. The summed E-state index contributed by atoms with van der Waals surface area (Å²) >= 11 is 0. The lowest BCUT2D eigenvalue weighted by Crippen LogP contribution is -2.46. The molecule has 5 nitrogen and oxygen atoms in total. The van der Waals surface area contributed by atoms with Crippen LogP contribution in [0.5, 0.6) is 0 Å². The van der Waals surface area contributed by atoms with E-state index < -0.39 is 15.4 Å². The van der Waals surface area contributed by atoms with E-state index in [9.17, 15) is 13.2 Å². The maximum atomic E-state index is 12.5. The third-order valence-electron chi connectivity index (χ3n) is 4.06. The van der Waals surface area contributed by atoms with Gasteiger partial charge in [0, 0.05) is 24.1 Å². The summed E-state index contributed by atoms with van der Waals surface area (Å²) in [4.78, 5) is 12.5. The van der Waals surface area contributed by atoms with Crippen LogP contribution in [0.3, 0.4) is 0 Å². The first-order valence-corrected chi connectivity index (χ1v) is 8.69. The summed E-state index contributed by atoms with van der Waals surface area (Å²) in [5.74, 6) is -0.0677. The summed E-state index contributed by atoms with van der Waals surface area (Å²) in [6.45, 7) is 1.79. The molecule has 0 radical (unpaired) electrons. The van der Waals surface area contributed by atoms with Gasteiger partial charge in [0.05, 0.1) is 22.6 Å². The van der Waals surface area contributed by atoms with E-state index in [-0.39, 0.29) is 17.4 Å². The van der Waals surface area contributed by atoms with Crippen molar-refractivity contribution in [1.29, 1.82) is 0 Å². The Bertz CT molecular complexity index is 823. The molecule has 1 aliphatic rings. The Kier molecular flexibility index (Phi) is 3.09. The minimum Gasteiger partial charge on any atom is -0.350 e. The first-order valence-electron chi connectivity index (χ1n) is 6.87. The van der Waals surface area contributed by atoms with Crippen LogP contribution in [0.2, 0.25) is 0 Å². The highest BCUT2D eigenvalue weighted by molar-refractivity contribution is 7.91. The van der Waals surface area contributed by atoms with Gasteiger partial charge in [-0.1, -0.05) is 18.2 Å². The molecular weight excluding hydrogens is 288 g/mol. The van der Waals surface area contributed by atoms with Crippen LogP contribution in [-0.4, -0.2) is 35.9 Å². The molecule has 2 heterocycles. The molecule has 1 saturated heterocycles. The maximum absolute atomic E-state index is 12.5. The summed E-state index contributed by atoms with van der Waals surface area (Å²) in [5, 5.41) is 3.78. The molecule has 1 N–H and O–H groups in total. The Labute approximate surface area is 123 Å². The Hall–Kier alpha value is -1.82. The van der Waals surface area contributed by atoms with E-state index in [4.69, 9.17) is 0 Å². The molecule has 0 aliphatic carbocycles. The lowest BCUT2D eigenvalue weighted by Gasteiger charge is -2.23. The number of para-hydroxylation sites is 1. The second kappa shape index (κ2) is 4.59. The fourth-order valence-corrected chi connectivity index (χ4v) is 5.07. The van der Waals surface area contributed by atoms with E-state index in [1.165, 1.54) is 0 Å². The van der Waals surface area contributed by atoms with Gasteiger partial charge in [-0.2, -0.15) is 0 Å². The summed E-state index contributed by atoms with van der Waals surface area (Å²) in [5.41, 5.74) is 0.887. The average Bonchev–Trinajstić information content (AvgIpc) is 2.88. The number of aryl methyl sites for hydroxylation is 1. The molecule has 0 bridgehead atoms. The highest BCUT2D eigenvalue weighted by Crippen LogP contribution is 2.25. The van der Waals surface area contributed by atoms with Crippen molar-refractivity contribution in [3.8, 4) is 0 Å². The molecule has 1 aromatic heterocycles. The zero-order valence-electron chi connectivity index (χ0n) is 12.1. The molecule has 112 valence electrons. The Morgan fingerprint density at radius 1 is 1.33 bits per heavy atom. The maximum Gasteiger partial charge on any atom is 0.253 e. The number of rotatable bonds is 2. The monoisotopic (exact) mass is 306 g/mol.